The van der Waals surface area contributed by atoms with E-state index < -0.39 is 5.91 Å². The number of nitrogens with zero attached hydrogens (tertiary/aromatic N) is 2. The number of aromatic nitrogens is 1. The van der Waals surface area contributed by atoms with Crippen LogP contribution in [0.15, 0.2) is 18.5 Å². The van der Waals surface area contributed by atoms with Gasteiger partial charge < -0.3 is 10.7 Å². The van der Waals surface area contributed by atoms with Crippen molar-refractivity contribution in [3.63, 3.8) is 0 Å². The van der Waals surface area contributed by atoms with Gasteiger partial charge in [0.05, 0.1) is 11.3 Å². The van der Waals surface area contributed by atoms with Crippen LogP contribution in [0, 0.1) is 0 Å². The van der Waals surface area contributed by atoms with Gasteiger partial charge in [-0.3, -0.25) is 9.78 Å². The maximum atomic E-state index is 11.3. The molecule has 1 aromatic heterocycles. The van der Waals surface area contributed by atoms with Crippen LogP contribution in [0.3, 0.4) is 0 Å². The quantitative estimate of drug-likeness (QED) is 0.768. The Balaban J connectivity index is 2.27. The molecular formula is C11H16N4O. The predicted molar refractivity (Wildman–Crippen MR) is 62.0 cm³/mol. The summed E-state index contributed by atoms with van der Waals surface area (Å²) >= 11 is 0. The van der Waals surface area contributed by atoms with E-state index in [1.54, 1.807) is 6.20 Å². The number of primary amides is 1. The average molecular weight is 220 g/mol. The van der Waals surface area contributed by atoms with Crippen LogP contribution in [0.5, 0.6) is 0 Å². The lowest BCUT2D eigenvalue weighted by molar-refractivity contribution is 0.100. The summed E-state index contributed by atoms with van der Waals surface area (Å²) < 4.78 is 0. The van der Waals surface area contributed by atoms with E-state index in [2.05, 4.69) is 10.4 Å². The molecule has 0 radical (unpaired) electrons. The first-order chi connectivity index (χ1) is 7.79. The van der Waals surface area contributed by atoms with Gasteiger partial charge in [0.2, 0.25) is 0 Å². The van der Waals surface area contributed by atoms with Gasteiger partial charge in [0.25, 0.3) is 5.91 Å². The minimum Gasteiger partial charge on any atom is -0.365 e. The van der Waals surface area contributed by atoms with Gasteiger partial charge in [0, 0.05) is 25.5 Å². The third-order valence-electron chi connectivity index (χ3n) is 2.72. The molecule has 1 amide bonds. The number of rotatable bonds is 2. The second-order valence-electron chi connectivity index (χ2n) is 3.88. The highest BCUT2D eigenvalue weighted by molar-refractivity contribution is 5.98. The molecule has 1 fully saturated rings. The van der Waals surface area contributed by atoms with Crippen molar-refractivity contribution in [2.75, 3.05) is 18.1 Å². The maximum absolute atomic E-state index is 11.3. The number of hydrogen-bond acceptors (Lipinski definition) is 4. The maximum Gasteiger partial charge on any atom is 0.252 e. The topological polar surface area (TPSA) is 71.2 Å². The first-order valence-electron chi connectivity index (χ1n) is 5.54. The fourth-order valence-corrected chi connectivity index (χ4v) is 1.88. The largest absolute Gasteiger partial charge is 0.365 e. The molecule has 5 heteroatoms. The molecular weight excluding hydrogens is 204 g/mol. The van der Waals surface area contributed by atoms with E-state index in [0.29, 0.717) is 5.56 Å². The third-order valence-corrected chi connectivity index (χ3v) is 2.72. The van der Waals surface area contributed by atoms with Crippen LogP contribution in [0.25, 0.3) is 0 Å². The Kier molecular flexibility index (Phi) is 3.36. The van der Waals surface area contributed by atoms with Crippen molar-refractivity contribution >= 4 is 11.6 Å². The third kappa shape index (κ3) is 2.30. The summed E-state index contributed by atoms with van der Waals surface area (Å²) in [5.41, 5.74) is 9.91. The standard InChI is InChI=1S/C11H16N4O/c12-11(16)9-8-13-6-4-10(9)15-7-3-1-2-5-14-15/h4,6,8,14H,1-3,5,7H2,(H2,12,16). The lowest BCUT2D eigenvalue weighted by Crippen LogP contribution is -2.39. The van der Waals surface area contributed by atoms with E-state index in [9.17, 15) is 4.79 Å². The van der Waals surface area contributed by atoms with Gasteiger partial charge in [0.1, 0.15) is 0 Å². The highest BCUT2D eigenvalue weighted by atomic mass is 16.1. The minimum atomic E-state index is -0.436. The van der Waals surface area contributed by atoms with Gasteiger partial charge in [-0.25, -0.2) is 5.43 Å². The van der Waals surface area contributed by atoms with E-state index in [1.165, 1.54) is 12.6 Å². The molecule has 3 N–H and O–H groups in total. The number of carbonyl (C=O) groups excluding carboxylic acids is 1. The minimum absolute atomic E-state index is 0.436. The number of anilines is 1. The molecule has 0 unspecified atom stereocenters. The Bertz CT molecular complexity index is 372. The fourth-order valence-electron chi connectivity index (χ4n) is 1.88. The van der Waals surface area contributed by atoms with Gasteiger partial charge in [-0.05, 0) is 18.9 Å². The smallest absolute Gasteiger partial charge is 0.252 e. The van der Waals surface area contributed by atoms with Crippen LogP contribution in [-0.4, -0.2) is 24.0 Å². The molecule has 0 atom stereocenters. The van der Waals surface area contributed by atoms with Gasteiger partial charge in [0.15, 0.2) is 0 Å². The molecule has 16 heavy (non-hydrogen) atoms. The highest BCUT2D eigenvalue weighted by Crippen LogP contribution is 2.19. The molecule has 1 aliphatic heterocycles. The number of nitrogens with one attached hydrogen (secondary N) is 1. The molecule has 1 aliphatic rings. The molecule has 1 aromatic rings. The Hall–Kier alpha value is -1.62. The average Bonchev–Trinajstić information content (AvgIpc) is 2.57. The lowest BCUT2D eigenvalue weighted by atomic mass is 10.2. The van der Waals surface area contributed by atoms with E-state index in [1.807, 2.05) is 11.1 Å². The van der Waals surface area contributed by atoms with E-state index in [4.69, 9.17) is 5.73 Å². The Labute approximate surface area is 94.6 Å². The van der Waals surface area contributed by atoms with Gasteiger partial charge in [-0.1, -0.05) is 6.42 Å². The fraction of sp³-hybridized carbons (Fsp3) is 0.455. The first kappa shape index (κ1) is 10.9. The van der Waals surface area contributed by atoms with E-state index >= 15 is 0 Å². The number of hydrazine groups is 1. The molecule has 2 rings (SSSR count). The zero-order chi connectivity index (χ0) is 11.4. The molecule has 0 bridgehead atoms. The van der Waals surface area contributed by atoms with Crippen molar-refractivity contribution in [3.05, 3.63) is 24.0 Å². The summed E-state index contributed by atoms with van der Waals surface area (Å²) in [6.45, 7) is 1.82. The molecule has 5 nitrogen and oxygen atoms in total. The summed E-state index contributed by atoms with van der Waals surface area (Å²) in [6.07, 6.45) is 6.68. The van der Waals surface area contributed by atoms with Crippen LogP contribution < -0.4 is 16.2 Å². The summed E-state index contributed by atoms with van der Waals surface area (Å²) in [7, 11) is 0. The molecule has 0 aliphatic carbocycles. The second-order valence-corrected chi connectivity index (χ2v) is 3.88. The van der Waals surface area contributed by atoms with Crippen LogP contribution in [0.1, 0.15) is 29.6 Å². The van der Waals surface area contributed by atoms with Crippen LogP contribution in [-0.2, 0) is 0 Å². The SMILES string of the molecule is NC(=O)c1cnccc1N1CCCCCN1. The first-order valence-corrected chi connectivity index (χ1v) is 5.54. The van der Waals surface area contributed by atoms with E-state index in [-0.39, 0.29) is 0 Å². The van der Waals surface area contributed by atoms with E-state index in [0.717, 1.165) is 31.6 Å². The Morgan fingerprint density at radius 2 is 2.31 bits per heavy atom. The zero-order valence-electron chi connectivity index (χ0n) is 9.15. The van der Waals surface area contributed by atoms with Crippen molar-refractivity contribution < 1.29 is 4.79 Å². The lowest BCUT2D eigenvalue weighted by Gasteiger charge is -2.24. The highest BCUT2D eigenvalue weighted by Gasteiger charge is 2.15. The van der Waals surface area contributed by atoms with Crippen molar-refractivity contribution in [1.29, 1.82) is 0 Å². The summed E-state index contributed by atoms with van der Waals surface area (Å²) in [6, 6.07) is 1.82. The summed E-state index contributed by atoms with van der Waals surface area (Å²) in [5, 5.41) is 1.99. The van der Waals surface area contributed by atoms with Crippen LogP contribution >= 0.6 is 0 Å². The van der Waals surface area contributed by atoms with Crippen LogP contribution in [0.2, 0.25) is 0 Å². The van der Waals surface area contributed by atoms with Gasteiger partial charge >= 0.3 is 0 Å². The summed E-state index contributed by atoms with van der Waals surface area (Å²) in [5.74, 6) is -0.436. The number of nitrogens with two attached hydrogens (primary N) is 1. The van der Waals surface area contributed by atoms with Crippen molar-refractivity contribution in [1.82, 2.24) is 10.4 Å². The van der Waals surface area contributed by atoms with Gasteiger partial charge in [-0.2, -0.15) is 0 Å². The monoisotopic (exact) mass is 220 g/mol. The Morgan fingerprint density at radius 3 is 3.12 bits per heavy atom. The molecule has 0 saturated carbocycles. The van der Waals surface area contributed by atoms with Crippen LogP contribution in [0.4, 0.5) is 5.69 Å². The summed E-state index contributed by atoms with van der Waals surface area (Å²) in [4.78, 5) is 15.2. The van der Waals surface area contributed by atoms with Gasteiger partial charge in [-0.15, -0.1) is 0 Å². The molecule has 0 spiro atoms. The number of pyridine rings is 1. The van der Waals surface area contributed by atoms with Crippen molar-refractivity contribution in [2.45, 2.75) is 19.3 Å². The number of amides is 1. The predicted octanol–water partition coefficient (Wildman–Crippen LogP) is 0.675. The van der Waals surface area contributed by atoms with Crippen molar-refractivity contribution in [2.24, 2.45) is 5.73 Å². The molecule has 86 valence electrons. The normalized spacial score (nSPS) is 16.9. The Morgan fingerprint density at radius 1 is 1.44 bits per heavy atom. The molecule has 0 aromatic carbocycles. The van der Waals surface area contributed by atoms with Crippen molar-refractivity contribution in [3.8, 4) is 0 Å². The number of carbonyl (C=O) groups is 1. The number of hydrogen-bond donors (Lipinski definition) is 2. The second kappa shape index (κ2) is 4.94. The zero-order valence-corrected chi connectivity index (χ0v) is 9.15. The molecule has 1 saturated heterocycles. The molecule has 2 heterocycles.